The van der Waals surface area contributed by atoms with E-state index in [0.29, 0.717) is 12.5 Å². The van der Waals surface area contributed by atoms with E-state index in [1.165, 1.54) is 0 Å². The first-order valence-corrected chi connectivity index (χ1v) is 8.36. The van der Waals surface area contributed by atoms with Gasteiger partial charge in [-0.25, -0.2) is 4.99 Å². The van der Waals surface area contributed by atoms with Crippen LogP contribution in [0.25, 0.3) is 5.65 Å². The molecule has 0 atom stereocenters. The molecule has 1 aliphatic rings. The molecule has 1 amide bonds. The van der Waals surface area contributed by atoms with Crippen LogP contribution in [0.5, 0.6) is 0 Å². The van der Waals surface area contributed by atoms with Crippen molar-refractivity contribution in [2.45, 2.75) is 26.3 Å². The highest BCUT2D eigenvalue weighted by Crippen LogP contribution is 2.07. The Labute approximate surface area is 141 Å². The Kier molecular flexibility index (Phi) is 5.25. The van der Waals surface area contributed by atoms with Crippen molar-refractivity contribution in [1.82, 2.24) is 30.1 Å². The molecule has 1 saturated heterocycles. The first kappa shape index (κ1) is 16.2. The van der Waals surface area contributed by atoms with Crippen LogP contribution in [0, 0.1) is 0 Å². The predicted octanol–water partition coefficient (Wildman–Crippen LogP) is 0.407. The zero-order valence-electron chi connectivity index (χ0n) is 13.9. The third-order valence-electron chi connectivity index (χ3n) is 3.97. The van der Waals surface area contributed by atoms with Crippen molar-refractivity contribution in [2.75, 3.05) is 26.2 Å². The summed E-state index contributed by atoms with van der Waals surface area (Å²) >= 11 is 0. The van der Waals surface area contributed by atoms with Crippen LogP contribution in [0.3, 0.4) is 0 Å². The first-order chi connectivity index (χ1) is 11.8. The number of nitrogens with zero attached hydrogens (tertiary/aromatic N) is 5. The predicted molar refractivity (Wildman–Crippen MR) is 91.6 cm³/mol. The van der Waals surface area contributed by atoms with Crippen LogP contribution in [0.4, 0.5) is 0 Å². The molecule has 3 heterocycles. The molecule has 0 saturated carbocycles. The van der Waals surface area contributed by atoms with Crippen molar-refractivity contribution < 1.29 is 4.79 Å². The fraction of sp³-hybridized carbons (Fsp3) is 0.500. The van der Waals surface area contributed by atoms with Crippen molar-refractivity contribution in [3.8, 4) is 0 Å². The van der Waals surface area contributed by atoms with Gasteiger partial charge in [-0.05, 0) is 31.9 Å². The van der Waals surface area contributed by atoms with Gasteiger partial charge >= 0.3 is 0 Å². The normalized spacial score (nSPS) is 15.0. The topological polar surface area (TPSA) is 86.9 Å². The van der Waals surface area contributed by atoms with E-state index in [2.05, 4.69) is 25.8 Å². The summed E-state index contributed by atoms with van der Waals surface area (Å²) in [5, 5.41) is 14.5. The number of guanidine groups is 1. The molecule has 2 aromatic rings. The number of carbonyl (C=O) groups is 1. The van der Waals surface area contributed by atoms with Gasteiger partial charge in [0.05, 0.1) is 6.54 Å². The lowest BCUT2D eigenvalue weighted by Crippen LogP contribution is -2.44. The third kappa shape index (κ3) is 3.81. The number of pyridine rings is 1. The van der Waals surface area contributed by atoms with Crippen molar-refractivity contribution in [3.63, 3.8) is 0 Å². The number of likely N-dealkylation sites (tertiary alicyclic amines) is 1. The Morgan fingerprint density at radius 3 is 2.88 bits per heavy atom. The van der Waals surface area contributed by atoms with Crippen molar-refractivity contribution in [1.29, 1.82) is 0 Å². The van der Waals surface area contributed by atoms with Crippen LogP contribution in [0.15, 0.2) is 29.4 Å². The number of aromatic nitrogens is 3. The second-order valence-corrected chi connectivity index (χ2v) is 5.68. The van der Waals surface area contributed by atoms with E-state index in [4.69, 9.17) is 0 Å². The van der Waals surface area contributed by atoms with Crippen molar-refractivity contribution in [3.05, 3.63) is 30.2 Å². The molecule has 24 heavy (non-hydrogen) atoms. The number of aliphatic imine (C=N–C) groups is 1. The molecule has 0 unspecified atom stereocenters. The Balaban J connectivity index is 1.61. The van der Waals surface area contributed by atoms with Gasteiger partial charge in [-0.15, -0.1) is 10.2 Å². The number of nitrogens with one attached hydrogen (secondary N) is 2. The van der Waals surface area contributed by atoms with Gasteiger partial charge in [0.2, 0.25) is 5.91 Å². The van der Waals surface area contributed by atoms with Crippen LogP contribution in [-0.4, -0.2) is 57.5 Å². The minimum absolute atomic E-state index is 0.117. The number of hydrogen-bond donors (Lipinski definition) is 2. The summed E-state index contributed by atoms with van der Waals surface area (Å²) < 4.78 is 1.91. The highest BCUT2D eigenvalue weighted by atomic mass is 16.2. The van der Waals surface area contributed by atoms with Gasteiger partial charge in [-0.1, -0.05) is 6.07 Å². The fourth-order valence-electron chi connectivity index (χ4n) is 2.73. The molecular formula is C16H23N7O. The van der Waals surface area contributed by atoms with Crippen LogP contribution in [0.1, 0.15) is 25.6 Å². The Bertz CT molecular complexity index is 718. The quantitative estimate of drug-likeness (QED) is 0.613. The molecule has 0 spiro atoms. The summed E-state index contributed by atoms with van der Waals surface area (Å²) in [7, 11) is 0. The minimum atomic E-state index is 0.117. The van der Waals surface area contributed by atoms with E-state index in [0.717, 1.165) is 43.9 Å². The molecule has 3 rings (SSSR count). The largest absolute Gasteiger partial charge is 0.357 e. The van der Waals surface area contributed by atoms with Crippen molar-refractivity contribution >= 4 is 17.5 Å². The molecule has 0 aromatic carbocycles. The lowest BCUT2D eigenvalue weighted by molar-refractivity contribution is -0.128. The maximum Gasteiger partial charge on any atom is 0.241 e. The summed E-state index contributed by atoms with van der Waals surface area (Å²) in [5.74, 6) is 1.48. The summed E-state index contributed by atoms with van der Waals surface area (Å²) in [4.78, 5) is 18.5. The average molecular weight is 329 g/mol. The SMILES string of the molecule is CCNC(=NCc1nnc2ccccn12)NCC(=O)N1CCCC1. The zero-order chi connectivity index (χ0) is 16.8. The van der Waals surface area contributed by atoms with Crippen LogP contribution in [-0.2, 0) is 11.3 Å². The minimum Gasteiger partial charge on any atom is -0.357 e. The molecule has 0 radical (unpaired) electrons. The number of fused-ring (bicyclic) bond motifs is 1. The molecule has 8 nitrogen and oxygen atoms in total. The van der Waals surface area contributed by atoms with Crippen LogP contribution < -0.4 is 10.6 Å². The maximum absolute atomic E-state index is 12.1. The molecule has 8 heteroatoms. The summed E-state index contributed by atoms with van der Waals surface area (Å²) in [6.45, 7) is 5.08. The van der Waals surface area contributed by atoms with Gasteiger partial charge in [0.15, 0.2) is 17.4 Å². The maximum atomic E-state index is 12.1. The Morgan fingerprint density at radius 1 is 1.25 bits per heavy atom. The monoisotopic (exact) mass is 329 g/mol. The third-order valence-corrected chi connectivity index (χ3v) is 3.97. The number of amides is 1. The van der Waals surface area contributed by atoms with Gasteiger partial charge in [-0.2, -0.15) is 0 Å². The summed E-state index contributed by atoms with van der Waals surface area (Å²) in [5.41, 5.74) is 0.796. The molecule has 0 aliphatic carbocycles. The van der Waals surface area contributed by atoms with E-state index in [-0.39, 0.29) is 12.5 Å². The molecule has 2 aromatic heterocycles. The van der Waals surface area contributed by atoms with Gasteiger partial charge in [0.1, 0.15) is 6.54 Å². The van der Waals surface area contributed by atoms with E-state index in [1.807, 2.05) is 40.6 Å². The second-order valence-electron chi connectivity index (χ2n) is 5.68. The van der Waals surface area contributed by atoms with Gasteiger partial charge in [-0.3, -0.25) is 9.20 Å². The van der Waals surface area contributed by atoms with Crippen LogP contribution >= 0.6 is 0 Å². The highest BCUT2D eigenvalue weighted by molar-refractivity contribution is 5.86. The fourth-order valence-corrected chi connectivity index (χ4v) is 2.73. The molecule has 1 aliphatic heterocycles. The van der Waals surface area contributed by atoms with Gasteiger partial charge < -0.3 is 15.5 Å². The second kappa shape index (κ2) is 7.76. The van der Waals surface area contributed by atoms with Gasteiger partial charge in [0, 0.05) is 25.8 Å². The average Bonchev–Trinajstić information content (AvgIpc) is 3.27. The number of rotatable bonds is 5. The molecular weight excluding hydrogens is 306 g/mol. The molecule has 128 valence electrons. The smallest absolute Gasteiger partial charge is 0.241 e. The zero-order valence-corrected chi connectivity index (χ0v) is 13.9. The Hall–Kier alpha value is -2.64. The molecule has 2 N–H and O–H groups in total. The number of carbonyl (C=O) groups excluding carboxylic acids is 1. The molecule has 1 fully saturated rings. The Morgan fingerprint density at radius 2 is 2.08 bits per heavy atom. The number of hydrogen-bond acceptors (Lipinski definition) is 4. The molecule has 0 bridgehead atoms. The van der Waals surface area contributed by atoms with E-state index >= 15 is 0 Å². The lowest BCUT2D eigenvalue weighted by atomic mass is 10.4. The summed E-state index contributed by atoms with van der Waals surface area (Å²) in [6, 6.07) is 5.76. The van der Waals surface area contributed by atoms with Gasteiger partial charge in [0.25, 0.3) is 0 Å². The van der Waals surface area contributed by atoms with E-state index in [9.17, 15) is 4.79 Å². The highest BCUT2D eigenvalue weighted by Gasteiger charge is 2.17. The van der Waals surface area contributed by atoms with Crippen LogP contribution in [0.2, 0.25) is 0 Å². The van der Waals surface area contributed by atoms with E-state index in [1.54, 1.807) is 0 Å². The van der Waals surface area contributed by atoms with Crippen molar-refractivity contribution in [2.24, 2.45) is 4.99 Å². The standard InChI is InChI=1S/C16H23N7O/c1-2-17-16(19-12-15(24)22-8-5-6-9-22)18-11-14-21-20-13-7-3-4-10-23(13)14/h3-4,7,10H,2,5-6,8-9,11-12H2,1H3,(H2,17,18,19). The lowest BCUT2D eigenvalue weighted by Gasteiger charge is -2.17. The summed E-state index contributed by atoms with van der Waals surface area (Å²) in [6.07, 6.45) is 4.11. The first-order valence-electron chi connectivity index (χ1n) is 8.36. The van der Waals surface area contributed by atoms with E-state index < -0.39 is 0 Å².